The molecular weight excluding hydrogens is 327 g/mol. The first-order chi connectivity index (χ1) is 10.9. The van der Waals surface area contributed by atoms with E-state index in [0.29, 0.717) is 17.1 Å². The highest BCUT2D eigenvalue weighted by atomic mass is 32.2. The summed E-state index contributed by atoms with van der Waals surface area (Å²) in [5, 5.41) is 0. The zero-order valence-electron chi connectivity index (χ0n) is 11.8. The van der Waals surface area contributed by atoms with Crippen LogP contribution in [0.4, 0.5) is 18.9 Å². The molecule has 2 aromatic carbocycles. The number of hydrogen-bond acceptors (Lipinski definition) is 3. The van der Waals surface area contributed by atoms with Gasteiger partial charge in [-0.1, -0.05) is 30.3 Å². The van der Waals surface area contributed by atoms with Gasteiger partial charge in [0.2, 0.25) is 5.91 Å². The van der Waals surface area contributed by atoms with Crippen molar-refractivity contribution in [2.24, 2.45) is 0 Å². The first kappa shape index (κ1) is 15.7. The summed E-state index contributed by atoms with van der Waals surface area (Å²) in [6, 6.07) is 13.5. The van der Waals surface area contributed by atoms with Gasteiger partial charge < -0.3 is 9.64 Å². The molecule has 0 saturated carbocycles. The first-order valence-electron chi connectivity index (χ1n) is 6.79. The van der Waals surface area contributed by atoms with Crippen LogP contribution in [0.25, 0.3) is 0 Å². The van der Waals surface area contributed by atoms with Crippen molar-refractivity contribution in [2.45, 2.75) is 17.8 Å². The Balaban J connectivity index is 1.88. The van der Waals surface area contributed by atoms with E-state index in [1.165, 1.54) is 30.0 Å². The van der Waals surface area contributed by atoms with Crippen molar-refractivity contribution in [3.63, 3.8) is 0 Å². The van der Waals surface area contributed by atoms with Gasteiger partial charge in [-0.15, -0.1) is 24.9 Å². The van der Waals surface area contributed by atoms with Crippen molar-refractivity contribution in [1.82, 2.24) is 0 Å². The maximum atomic E-state index is 12.3. The van der Waals surface area contributed by atoms with Gasteiger partial charge in [-0.2, -0.15) is 0 Å². The van der Waals surface area contributed by atoms with Crippen molar-refractivity contribution in [2.75, 3.05) is 10.7 Å². The number of benzene rings is 2. The molecule has 2 aromatic rings. The quantitative estimate of drug-likeness (QED) is 0.838. The second-order valence-corrected chi connectivity index (χ2v) is 5.95. The lowest BCUT2D eigenvalue weighted by molar-refractivity contribution is -0.274. The average molecular weight is 339 g/mol. The standard InChI is InChI=1S/C16H12F3NO2S/c17-16(18,19)22-12-6-7-13-14(8-12)23-10-15(21)20(13)9-11-4-2-1-3-5-11/h1-8H,9-10H2. The number of hydrogen-bond donors (Lipinski definition) is 0. The third kappa shape index (κ3) is 3.79. The number of anilines is 1. The van der Waals surface area contributed by atoms with Gasteiger partial charge in [0.1, 0.15) is 5.75 Å². The van der Waals surface area contributed by atoms with Crippen LogP contribution >= 0.6 is 11.8 Å². The number of halogens is 3. The maximum Gasteiger partial charge on any atom is 0.573 e. The molecule has 0 radical (unpaired) electrons. The van der Waals surface area contributed by atoms with Crippen molar-refractivity contribution >= 4 is 23.4 Å². The third-order valence-corrected chi connectivity index (χ3v) is 4.32. The molecule has 3 rings (SSSR count). The Morgan fingerprint density at radius 2 is 1.87 bits per heavy atom. The van der Waals surface area contributed by atoms with Crippen LogP contribution in [0.5, 0.6) is 5.75 Å². The number of alkyl halides is 3. The summed E-state index contributed by atoms with van der Waals surface area (Å²) in [4.78, 5) is 14.4. The lowest BCUT2D eigenvalue weighted by Gasteiger charge is -2.29. The SMILES string of the molecule is O=C1CSc2cc(OC(F)(F)F)ccc2N1Cc1ccccc1. The van der Waals surface area contributed by atoms with Gasteiger partial charge in [-0.05, 0) is 23.8 Å². The molecule has 0 aliphatic carbocycles. The van der Waals surface area contributed by atoms with Crippen molar-refractivity contribution in [3.05, 3.63) is 54.1 Å². The van der Waals surface area contributed by atoms with E-state index in [1.54, 1.807) is 4.90 Å². The lowest BCUT2D eigenvalue weighted by atomic mass is 10.2. The van der Waals surface area contributed by atoms with Gasteiger partial charge in [0, 0.05) is 4.90 Å². The Morgan fingerprint density at radius 1 is 1.13 bits per heavy atom. The average Bonchev–Trinajstić information content (AvgIpc) is 2.50. The summed E-state index contributed by atoms with van der Waals surface area (Å²) in [5.74, 6) is -0.163. The smallest absolute Gasteiger partial charge is 0.406 e. The third-order valence-electron chi connectivity index (χ3n) is 3.29. The Labute approximate surface area is 135 Å². The molecule has 0 bridgehead atoms. The topological polar surface area (TPSA) is 29.5 Å². The zero-order chi connectivity index (χ0) is 16.4. The Bertz CT molecular complexity index is 719. The van der Waals surface area contributed by atoms with E-state index >= 15 is 0 Å². The number of amides is 1. The first-order valence-corrected chi connectivity index (χ1v) is 7.78. The molecule has 0 saturated heterocycles. The molecule has 0 aromatic heterocycles. The highest BCUT2D eigenvalue weighted by molar-refractivity contribution is 8.00. The Morgan fingerprint density at radius 3 is 2.57 bits per heavy atom. The second kappa shape index (κ2) is 6.16. The van der Waals surface area contributed by atoms with E-state index in [-0.39, 0.29) is 17.4 Å². The summed E-state index contributed by atoms with van der Waals surface area (Å²) in [7, 11) is 0. The summed E-state index contributed by atoms with van der Waals surface area (Å²) in [6.45, 7) is 0.382. The molecule has 23 heavy (non-hydrogen) atoms. The van der Waals surface area contributed by atoms with Crippen LogP contribution < -0.4 is 9.64 Å². The van der Waals surface area contributed by atoms with Crippen molar-refractivity contribution in [1.29, 1.82) is 0 Å². The molecule has 0 fully saturated rings. The normalized spacial score (nSPS) is 14.6. The van der Waals surface area contributed by atoms with Crippen molar-refractivity contribution < 1.29 is 22.7 Å². The molecule has 1 amide bonds. The number of carbonyl (C=O) groups excluding carboxylic acids is 1. The summed E-state index contributed by atoms with van der Waals surface area (Å²) in [5.41, 5.74) is 1.55. The van der Waals surface area contributed by atoms with Crippen LogP contribution in [-0.2, 0) is 11.3 Å². The van der Waals surface area contributed by atoms with E-state index in [1.807, 2.05) is 30.3 Å². The largest absolute Gasteiger partial charge is 0.573 e. The number of rotatable bonds is 3. The van der Waals surface area contributed by atoms with Gasteiger partial charge in [0.15, 0.2) is 0 Å². The van der Waals surface area contributed by atoms with Gasteiger partial charge >= 0.3 is 6.36 Å². The maximum absolute atomic E-state index is 12.3. The van der Waals surface area contributed by atoms with Crippen LogP contribution in [-0.4, -0.2) is 18.0 Å². The number of fused-ring (bicyclic) bond motifs is 1. The molecule has 7 heteroatoms. The zero-order valence-corrected chi connectivity index (χ0v) is 12.7. The fourth-order valence-electron chi connectivity index (χ4n) is 2.32. The number of carbonyl (C=O) groups is 1. The van der Waals surface area contributed by atoms with Crippen LogP contribution in [0.1, 0.15) is 5.56 Å². The molecule has 0 N–H and O–H groups in total. The van der Waals surface area contributed by atoms with Gasteiger partial charge in [-0.3, -0.25) is 4.79 Å². The van der Waals surface area contributed by atoms with Crippen LogP contribution in [0, 0.1) is 0 Å². The molecule has 1 aliphatic rings. The number of nitrogens with zero attached hydrogens (tertiary/aromatic N) is 1. The molecule has 1 aliphatic heterocycles. The van der Waals surface area contributed by atoms with E-state index in [9.17, 15) is 18.0 Å². The van der Waals surface area contributed by atoms with Crippen LogP contribution in [0.15, 0.2) is 53.4 Å². The molecule has 1 heterocycles. The minimum absolute atomic E-state index is 0.0733. The molecule has 3 nitrogen and oxygen atoms in total. The van der Waals surface area contributed by atoms with E-state index in [0.717, 1.165) is 5.56 Å². The van der Waals surface area contributed by atoms with Crippen molar-refractivity contribution in [3.8, 4) is 5.75 Å². The van der Waals surface area contributed by atoms with Gasteiger partial charge in [-0.25, -0.2) is 0 Å². The minimum Gasteiger partial charge on any atom is -0.406 e. The predicted octanol–water partition coefficient (Wildman–Crippen LogP) is 4.22. The van der Waals surface area contributed by atoms with Crippen LogP contribution in [0.3, 0.4) is 0 Å². The summed E-state index contributed by atoms with van der Waals surface area (Å²) in [6.07, 6.45) is -4.73. The molecule has 0 spiro atoms. The Kier molecular flexibility index (Phi) is 4.21. The van der Waals surface area contributed by atoms with E-state index < -0.39 is 6.36 Å². The fraction of sp³-hybridized carbons (Fsp3) is 0.188. The van der Waals surface area contributed by atoms with Crippen LogP contribution in [0.2, 0.25) is 0 Å². The second-order valence-electron chi connectivity index (χ2n) is 4.93. The predicted molar refractivity (Wildman–Crippen MR) is 81.5 cm³/mol. The highest BCUT2D eigenvalue weighted by Crippen LogP contribution is 2.39. The van der Waals surface area contributed by atoms with Gasteiger partial charge in [0.05, 0.1) is 18.0 Å². The molecule has 0 unspecified atom stereocenters. The Hall–Kier alpha value is -2.15. The van der Waals surface area contributed by atoms with E-state index in [4.69, 9.17) is 0 Å². The highest BCUT2D eigenvalue weighted by Gasteiger charge is 2.32. The summed E-state index contributed by atoms with van der Waals surface area (Å²) >= 11 is 1.21. The summed E-state index contributed by atoms with van der Waals surface area (Å²) < 4.78 is 40.8. The lowest BCUT2D eigenvalue weighted by Crippen LogP contribution is -2.34. The van der Waals surface area contributed by atoms with Gasteiger partial charge in [0.25, 0.3) is 0 Å². The fourth-order valence-corrected chi connectivity index (χ4v) is 3.28. The monoisotopic (exact) mass is 339 g/mol. The molecule has 0 atom stereocenters. The minimum atomic E-state index is -4.73. The molecular formula is C16H12F3NO2S. The van der Waals surface area contributed by atoms with E-state index in [2.05, 4.69) is 4.74 Å². The number of ether oxygens (including phenoxy) is 1. The number of thioether (sulfide) groups is 1. The molecule has 120 valence electrons.